The molecule has 0 fully saturated rings. The molecule has 0 saturated heterocycles. The van der Waals surface area contributed by atoms with Gasteiger partial charge >= 0.3 is 0 Å². The Kier molecular flexibility index (Phi) is 11.5. The van der Waals surface area contributed by atoms with Crippen molar-refractivity contribution in [3.63, 3.8) is 0 Å². The summed E-state index contributed by atoms with van der Waals surface area (Å²) in [6.07, 6.45) is 2.21. The summed E-state index contributed by atoms with van der Waals surface area (Å²) in [4.78, 5) is 0. The quantitative estimate of drug-likeness (QED) is 0.0956. The average Bonchev–Trinajstić information content (AvgIpc) is 3.34. The van der Waals surface area contributed by atoms with Gasteiger partial charge < -0.3 is 0 Å². The highest BCUT2D eigenvalue weighted by molar-refractivity contribution is 8.01. The van der Waals surface area contributed by atoms with Crippen molar-refractivity contribution in [3.05, 3.63) is 249 Å². The third kappa shape index (κ3) is 7.15. The lowest BCUT2D eigenvalue weighted by atomic mass is 9.13. The van der Waals surface area contributed by atoms with Crippen LogP contribution in [0.1, 0.15) is 19.8 Å². The molecule has 0 amide bonds. The van der Waals surface area contributed by atoms with Crippen LogP contribution in [-0.4, -0.2) is 6.15 Å². The standard InChI is InChI=1S/C34H30B.C24H20P/c1-2-3-25-35(32-22-10-16-26-13-4-7-19-29(26)32,33-23-11-17-27-14-5-8-20-30(27)33)34-24-12-18-28-15-6-9-21-31(28)34;1-5-13-21(14-6-1)25(22-15-7-2-8-16-22,23-17-9-3-10-18-23)24-19-11-4-12-20-24/h4-24H,2-3,25H2,1H3;1-20H/q-1;+1. The highest BCUT2D eigenvalue weighted by atomic mass is 31.2. The van der Waals surface area contributed by atoms with Crippen LogP contribution in [0, 0.1) is 0 Å². The second kappa shape index (κ2) is 17.8. The minimum Gasteiger partial charge on any atom is -0.192 e. The Morgan fingerprint density at radius 1 is 0.300 bits per heavy atom. The van der Waals surface area contributed by atoms with E-state index in [1.807, 2.05) is 0 Å². The predicted octanol–water partition coefficient (Wildman–Crippen LogP) is 11.7. The smallest absolute Gasteiger partial charge is 0.144 e. The van der Waals surface area contributed by atoms with Crippen LogP contribution in [0.5, 0.6) is 0 Å². The van der Waals surface area contributed by atoms with Crippen molar-refractivity contribution in [2.24, 2.45) is 0 Å². The fourth-order valence-corrected chi connectivity index (χ4v) is 14.3. The molecular weight excluding hydrogens is 738 g/mol. The number of benzene rings is 10. The van der Waals surface area contributed by atoms with E-state index in [9.17, 15) is 0 Å². The number of hydrogen-bond acceptors (Lipinski definition) is 0. The Bertz CT molecular complexity index is 2590. The molecule has 0 N–H and O–H groups in total. The molecule has 0 bridgehead atoms. The largest absolute Gasteiger partial charge is 0.192 e. The van der Waals surface area contributed by atoms with E-state index in [1.165, 1.54) is 82.8 Å². The van der Waals surface area contributed by atoms with Crippen LogP contribution in [0.3, 0.4) is 0 Å². The summed E-state index contributed by atoms with van der Waals surface area (Å²) < 4.78 is 0. The zero-order chi connectivity index (χ0) is 40.6. The van der Waals surface area contributed by atoms with Crippen LogP contribution in [0.25, 0.3) is 32.3 Å². The van der Waals surface area contributed by atoms with Crippen LogP contribution in [-0.2, 0) is 0 Å². The fraction of sp³-hybridized carbons (Fsp3) is 0.0690. The zero-order valence-electron chi connectivity index (χ0n) is 34.3. The normalized spacial score (nSPS) is 11.6. The van der Waals surface area contributed by atoms with Crippen LogP contribution >= 0.6 is 7.26 Å². The van der Waals surface area contributed by atoms with E-state index in [4.69, 9.17) is 0 Å². The molecule has 10 rings (SSSR count). The van der Waals surface area contributed by atoms with E-state index in [0.717, 1.165) is 6.32 Å². The first-order valence-corrected chi connectivity index (χ1v) is 23.3. The van der Waals surface area contributed by atoms with E-state index >= 15 is 0 Å². The van der Waals surface area contributed by atoms with Gasteiger partial charge in [-0.3, -0.25) is 0 Å². The van der Waals surface area contributed by atoms with Crippen molar-refractivity contribution in [2.75, 3.05) is 0 Å². The number of fused-ring (bicyclic) bond motifs is 3. The molecule has 0 aliphatic rings. The summed E-state index contributed by atoms with van der Waals surface area (Å²) >= 11 is 0. The first kappa shape index (κ1) is 39.0. The maximum absolute atomic E-state index is 2.40. The zero-order valence-corrected chi connectivity index (χ0v) is 35.2. The lowest BCUT2D eigenvalue weighted by molar-refractivity contribution is 0.874. The SMILES string of the molecule is CCCC[B-](c1cccc2ccccc12)(c1cccc2ccccc12)c1cccc2ccccc12.c1ccc([P+](c2ccccc2)(c2ccccc2)c2ccccc2)cc1. The Labute approximate surface area is 356 Å². The molecule has 10 aromatic carbocycles. The Balaban J connectivity index is 0.000000163. The highest BCUT2D eigenvalue weighted by Crippen LogP contribution is 2.54. The molecule has 0 radical (unpaired) electrons. The van der Waals surface area contributed by atoms with Crippen LogP contribution < -0.4 is 37.6 Å². The van der Waals surface area contributed by atoms with Gasteiger partial charge in [0, 0.05) is 0 Å². The second-order valence-electron chi connectivity index (χ2n) is 15.9. The molecule has 0 unspecified atom stereocenters. The monoisotopic (exact) mass is 788 g/mol. The number of rotatable bonds is 10. The van der Waals surface area contributed by atoms with Gasteiger partial charge in [0.15, 0.2) is 0 Å². The van der Waals surface area contributed by atoms with Crippen LogP contribution in [0.2, 0.25) is 6.32 Å². The molecule has 0 aliphatic carbocycles. The molecule has 0 atom stereocenters. The van der Waals surface area contributed by atoms with Gasteiger partial charge in [0.25, 0.3) is 0 Å². The molecule has 0 nitrogen and oxygen atoms in total. The van der Waals surface area contributed by atoms with Crippen molar-refractivity contribution < 1.29 is 0 Å². The molecule has 0 aromatic heterocycles. The summed E-state index contributed by atoms with van der Waals surface area (Å²) in [6, 6.07) is 91.4. The molecule has 0 heterocycles. The summed E-state index contributed by atoms with van der Waals surface area (Å²) in [5.74, 6) is 0. The number of hydrogen-bond donors (Lipinski definition) is 0. The predicted molar refractivity (Wildman–Crippen MR) is 267 cm³/mol. The molecule has 60 heavy (non-hydrogen) atoms. The minimum absolute atomic E-state index is 1.12. The van der Waals surface area contributed by atoms with E-state index in [0.29, 0.717) is 0 Å². The molecule has 2 heteroatoms. The summed E-state index contributed by atoms with van der Waals surface area (Å²) in [6.45, 7) is 2.32. The first-order valence-electron chi connectivity index (χ1n) is 21.5. The van der Waals surface area contributed by atoms with E-state index in [2.05, 4.69) is 256 Å². The highest BCUT2D eigenvalue weighted by Gasteiger charge is 2.47. The fourth-order valence-electron chi connectivity index (χ4n) is 10.0. The van der Waals surface area contributed by atoms with Crippen molar-refractivity contribution in [2.45, 2.75) is 26.1 Å². The van der Waals surface area contributed by atoms with Gasteiger partial charge in [0.05, 0.1) is 6.15 Å². The first-order chi connectivity index (χ1) is 29.7. The van der Waals surface area contributed by atoms with Gasteiger partial charge in [0.1, 0.15) is 28.5 Å². The molecule has 0 spiro atoms. The van der Waals surface area contributed by atoms with Gasteiger partial charge in [-0.2, -0.15) is 22.7 Å². The third-order valence-electron chi connectivity index (χ3n) is 12.6. The van der Waals surface area contributed by atoms with Crippen molar-refractivity contribution in [1.82, 2.24) is 0 Å². The molecule has 0 saturated carbocycles. The molecule has 290 valence electrons. The van der Waals surface area contributed by atoms with E-state index < -0.39 is 13.4 Å². The van der Waals surface area contributed by atoms with Crippen LogP contribution in [0.4, 0.5) is 0 Å². The van der Waals surface area contributed by atoms with Gasteiger partial charge in [0.2, 0.25) is 0 Å². The van der Waals surface area contributed by atoms with E-state index in [-0.39, 0.29) is 0 Å². The average molecular weight is 789 g/mol. The Morgan fingerprint density at radius 2 is 0.567 bits per heavy atom. The molecular formula is C58H50BP. The van der Waals surface area contributed by atoms with Gasteiger partial charge in [-0.25, -0.2) is 0 Å². The van der Waals surface area contributed by atoms with Gasteiger partial charge in [-0.15, -0.1) is 0 Å². The molecule has 0 aliphatic heterocycles. The van der Waals surface area contributed by atoms with Gasteiger partial charge in [-0.1, -0.05) is 236 Å². The third-order valence-corrected chi connectivity index (χ3v) is 16.9. The summed E-state index contributed by atoms with van der Waals surface area (Å²) in [5.41, 5.74) is 4.39. The van der Waals surface area contributed by atoms with E-state index in [1.54, 1.807) is 0 Å². The van der Waals surface area contributed by atoms with Crippen molar-refractivity contribution >= 4 is 83.3 Å². The second-order valence-corrected chi connectivity index (χ2v) is 19.3. The van der Waals surface area contributed by atoms with Crippen molar-refractivity contribution in [1.29, 1.82) is 0 Å². The number of unbranched alkanes of at least 4 members (excludes halogenated alkanes) is 1. The minimum atomic E-state index is -1.91. The van der Waals surface area contributed by atoms with Crippen molar-refractivity contribution in [3.8, 4) is 0 Å². The van der Waals surface area contributed by atoms with Crippen LogP contribution in [0.15, 0.2) is 249 Å². The summed E-state index contributed by atoms with van der Waals surface area (Å²) in [5, 5.41) is 13.6. The lowest BCUT2D eigenvalue weighted by Crippen LogP contribution is -2.67. The summed E-state index contributed by atoms with van der Waals surface area (Å²) in [7, 11) is -1.91. The Morgan fingerprint density at radius 3 is 0.867 bits per heavy atom. The Hall–Kier alpha value is -6.53. The maximum Gasteiger partial charge on any atom is 0.144 e. The maximum atomic E-state index is 2.40. The lowest BCUT2D eigenvalue weighted by Gasteiger charge is -2.45. The topological polar surface area (TPSA) is 0 Å². The molecule has 10 aromatic rings. The van der Waals surface area contributed by atoms with Gasteiger partial charge in [-0.05, 0) is 64.7 Å².